The van der Waals surface area contributed by atoms with Gasteiger partial charge in [-0.2, -0.15) is 13.2 Å². The Balaban J connectivity index is 1.68. The third-order valence-corrected chi connectivity index (χ3v) is 8.61. The smallest absolute Gasteiger partial charge is 0.366 e. The number of halogens is 3. The normalized spacial score (nSPS) is 17.6. The lowest BCUT2D eigenvalue weighted by molar-refractivity contribution is -0.137. The maximum Gasteiger partial charge on any atom is 0.417 e. The average molecular weight is 507 g/mol. The fourth-order valence-corrected chi connectivity index (χ4v) is 6.28. The molecule has 2 aromatic heterocycles. The van der Waals surface area contributed by atoms with E-state index >= 15 is 0 Å². The van der Waals surface area contributed by atoms with Gasteiger partial charge in [0.1, 0.15) is 5.65 Å². The van der Waals surface area contributed by atoms with Gasteiger partial charge in [0, 0.05) is 23.3 Å². The Bertz CT molecular complexity index is 1390. The monoisotopic (exact) mass is 506 g/mol. The average Bonchev–Trinajstić information content (AvgIpc) is 3.61. The Morgan fingerprint density at radius 2 is 1.71 bits per heavy atom. The number of sulfonamides is 1. The summed E-state index contributed by atoms with van der Waals surface area (Å²) in [6, 6.07) is 7.34. The number of aromatic nitrogens is 2. The molecule has 0 aliphatic heterocycles. The van der Waals surface area contributed by atoms with E-state index in [1.54, 1.807) is 24.3 Å². The van der Waals surface area contributed by atoms with Crippen LogP contribution in [-0.4, -0.2) is 29.1 Å². The molecular formula is C24H25F3N4O3S. The molecular weight excluding hydrogens is 481 g/mol. The number of hydrogen-bond donors (Lipinski definition) is 2. The van der Waals surface area contributed by atoms with Crippen molar-refractivity contribution in [3.63, 3.8) is 0 Å². The van der Waals surface area contributed by atoms with E-state index in [0.717, 1.165) is 44.4 Å². The molecule has 0 saturated heterocycles. The Kier molecular flexibility index (Phi) is 5.77. The van der Waals surface area contributed by atoms with Gasteiger partial charge in [-0.1, -0.05) is 31.4 Å². The summed E-state index contributed by atoms with van der Waals surface area (Å²) < 4.78 is 69.3. The van der Waals surface area contributed by atoms with Crippen LogP contribution in [0.3, 0.4) is 0 Å². The number of nitrogens with two attached hydrogens (primary N) is 1. The maximum absolute atomic E-state index is 13.5. The minimum Gasteiger partial charge on any atom is -0.366 e. The van der Waals surface area contributed by atoms with Crippen LogP contribution >= 0.6 is 0 Å². The highest BCUT2D eigenvalue weighted by Crippen LogP contribution is 2.42. The van der Waals surface area contributed by atoms with Gasteiger partial charge >= 0.3 is 6.18 Å². The first kappa shape index (κ1) is 23.7. The number of benzene rings is 1. The topological polar surface area (TPSA) is 107 Å². The van der Waals surface area contributed by atoms with Gasteiger partial charge in [0.05, 0.1) is 22.1 Å². The Morgan fingerprint density at radius 1 is 1.06 bits per heavy atom. The van der Waals surface area contributed by atoms with E-state index in [1.165, 1.54) is 0 Å². The molecule has 1 amide bonds. The number of alkyl halides is 3. The highest BCUT2D eigenvalue weighted by molar-refractivity contribution is 7.93. The number of amides is 1. The fraction of sp³-hybridized carbons (Fsp3) is 0.417. The summed E-state index contributed by atoms with van der Waals surface area (Å²) in [4.78, 5) is 16.8. The minimum atomic E-state index is -4.62. The first-order valence-corrected chi connectivity index (χ1v) is 13.1. The SMILES string of the molecule is NC(=O)c1c(-c2ccc(NS(=O)(=O)C3CC3)cc2)n(C2CCCCC2)c2ncc(C(F)(F)F)cc12. The lowest BCUT2D eigenvalue weighted by Gasteiger charge is -2.26. The zero-order valence-corrected chi connectivity index (χ0v) is 19.6. The lowest BCUT2D eigenvalue weighted by Crippen LogP contribution is -2.17. The van der Waals surface area contributed by atoms with Crippen LogP contribution in [0.2, 0.25) is 0 Å². The summed E-state index contributed by atoms with van der Waals surface area (Å²) in [6.45, 7) is 0. The van der Waals surface area contributed by atoms with Crippen molar-refractivity contribution in [2.75, 3.05) is 4.72 Å². The predicted molar refractivity (Wildman–Crippen MR) is 126 cm³/mol. The molecule has 1 aromatic carbocycles. The summed E-state index contributed by atoms with van der Waals surface area (Å²) in [5.41, 5.74) is 6.36. The quantitative estimate of drug-likeness (QED) is 0.477. The van der Waals surface area contributed by atoms with E-state index in [0.29, 0.717) is 29.8 Å². The van der Waals surface area contributed by atoms with Crippen LogP contribution in [0.5, 0.6) is 0 Å². The summed E-state index contributed by atoms with van der Waals surface area (Å²) >= 11 is 0. The van der Waals surface area contributed by atoms with Crippen molar-refractivity contribution < 1.29 is 26.4 Å². The maximum atomic E-state index is 13.5. The molecule has 2 aliphatic rings. The second-order valence-corrected chi connectivity index (χ2v) is 11.2. The fourth-order valence-electron chi connectivity index (χ4n) is 4.89. The molecule has 11 heteroatoms. The first-order valence-electron chi connectivity index (χ1n) is 11.6. The Labute approximate surface area is 200 Å². The van der Waals surface area contributed by atoms with Gasteiger partial charge in [-0.15, -0.1) is 0 Å². The molecule has 0 unspecified atom stereocenters. The molecule has 2 fully saturated rings. The van der Waals surface area contributed by atoms with Gasteiger partial charge in [0.15, 0.2) is 0 Å². The van der Waals surface area contributed by atoms with Gasteiger partial charge in [-0.3, -0.25) is 9.52 Å². The molecule has 2 aliphatic carbocycles. The van der Waals surface area contributed by atoms with Crippen molar-refractivity contribution in [1.82, 2.24) is 9.55 Å². The molecule has 0 bridgehead atoms. The lowest BCUT2D eigenvalue weighted by atomic mass is 9.94. The zero-order valence-electron chi connectivity index (χ0n) is 18.8. The van der Waals surface area contributed by atoms with E-state index in [9.17, 15) is 26.4 Å². The summed E-state index contributed by atoms with van der Waals surface area (Å²) in [5, 5.41) is -0.321. The molecule has 5 rings (SSSR count). The minimum absolute atomic E-state index is 0.0181. The van der Waals surface area contributed by atoms with E-state index < -0.39 is 27.7 Å². The molecule has 3 N–H and O–H groups in total. The van der Waals surface area contributed by atoms with Crippen LogP contribution in [0.25, 0.3) is 22.3 Å². The Morgan fingerprint density at radius 3 is 2.29 bits per heavy atom. The van der Waals surface area contributed by atoms with Crippen LogP contribution in [0, 0.1) is 0 Å². The number of fused-ring (bicyclic) bond motifs is 1. The number of carbonyl (C=O) groups excluding carboxylic acids is 1. The van der Waals surface area contributed by atoms with Gasteiger partial charge in [-0.05, 0) is 49.4 Å². The number of primary amides is 1. The summed E-state index contributed by atoms with van der Waals surface area (Å²) in [5.74, 6) is -0.848. The van der Waals surface area contributed by atoms with Crippen molar-refractivity contribution >= 4 is 32.7 Å². The van der Waals surface area contributed by atoms with E-state index in [2.05, 4.69) is 9.71 Å². The highest BCUT2D eigenvalue weighted by Gasteiger charge is 2.36. The molecule has 35 heavy (non-hydrogen) atoms. The summed E-state index contributed by atoms with van der Waals surface area (Å²) in [6.07, 6.45) is 2.00. The van der Waals surface area contributed by atoms with Crippen LogP contribution in [0.1, 0.15) is 66.9 Å². The number of pyridine rings is 1. The first-order chi connectivity index (χ1) is 16.6. The van der Waals surface area contributed by atoms with Crippen molar-refractivity contribution in [2.45, 2.75) is 62.4 Å². The molecule has 3 aromatic rings. The molecule has 7 nitrogen and oxygen atoms in total. The molecule has 0 atom stereocenters. The molecule has 186 valence electrons. The van der Waals surface area contributed by atoms with E-state index in [1.807, 2.05) is 4.57 Å². The van der Waals surface area contributed by atoms with Gasteiger partial charge in [0.2, 0.25) is 10.0 Å². The van der Waals surface area contributed by atoms with Gasteiger partial charge in [0.25, 0.3) is 5.91 Å². The third-order valence-electron chi connectivity index (χ3n) is 6.74. The number of nitrogens with zero attached hydrogens (tertiary/aromatic N) is 2. The third kappa shape index (κ3) is 4.49. The van der Waals surface area contributed by atoms with Gasteiger partial charge < -0.3 is 10.3 Å². The molecule has 0 spiro atoms. The molecule has 0 radical (unpaired) electrons. The number of rotatable bonds is 6. The highest BCUT2D eigenvalue weighted by atomic mass is 32.2. The van der Waals surface area contributed by atoms with E-state index in [-0.39, 0.29) is 27.9 Å². The number of nitrogens with one attached hydrogen (secondary N) is 1. The summed E-state index contributed by atoms with van der Waals surface area (Å²) in [7, 11) is -3.45. The number of anilines is 1. The molecule has 2 saturated carbocycles. The predicted octanol–water partition coefficient (Wildman–Crippen LogP) is 5.23. The number of hydrogen-bond acceptors (Lipinski definition) is 4. The van der Waals surface area contributed by atoms with Crippen molar-refractivity contribution in [3.8, 4) is 11.3 Å². The number of carbonyl (C=O) groups is 1. The largest absolute Gasteiger partial charge is 0.417 e. The second kappa shape index (κ2) is 8.54. The van der Waals surface area contributed by atoms with Crippen LogP contribution in [0.15, 0.2) is 36.5 Å². The second-order valence-electron chi connectivity index (χ2n) is 9.27. The van der Waals surface area contributed by atoms with Gasteiger partial charge in [-0.25, -0.2) is 13.4 Å². The van der Waals surface area contributed by atoms with Crippen LogP contribution in [-0.2, 0) is 16.2 Å². The van der Waals surface area contributed by atoms with Crippen molar-refractivity contribution in [3.05, 3.63) is 47.7 Å². The van der Waals surface area contributed by atoms with E-state index in [4.69, 9.17) is 5.73 Å². The van der Waals surface area contributed by atoms with Crippen LogP contribution in [0.4, 0.5) is 18.9 Å². The van der Waals surface area contributed by atoms with Crippen molar-refractivity contribution in [2.24, 2.45) is 5.73 Å². The van der Waals surface area contributed by atoms with Crippen LogP contribution < -0.4 is 10.5 Å². The standard InChI is InChI=1S/C24H25F3N4O3S/c25-24(26,27)15-12-19-20(22(28)32)21(31(23(19)29-13-15)17-4-2-1-3-5-17)14-6-8-16(9-7-14)30-35(33,34)18-10-11-18/h6-9,12-13,17-18,30H,1-5,10-11H2,(H2,28,32). The zero-order chi connectivity index (χ0) is 25.0. The molecule has 2 heterocycles. The Hall–Kier alpha value is -3.08. The van der Waals surface area contributed by atoms with Crippen molar-refractivity contribution in [1.29, 1.82) is 0 Å².